The molecule has 1 aliphatic rings. The fraction of sp³-hybridized carbons (Fsp3) is 0.533. The van der Waals surface area contributed by atoms with E-state index in [2.05, 4.69) is 29.4 Å². The van der Waals surface area contributed by atoms with Crippen LogP contribution in [0, 0.1) is 5.41 Å². The molecule has 2 N–H and O–H groups in total. The smallest absolute Gasteiger partial charge is 0.183 e. The predicted molar refractivity (Wildman–Crippen MR) is 84.0 cm³/mol. The van der Waals surface area contributed by atoms with Crippen LogP contribution in [-0.2, 0) is 0 Å². The van der Waals surface area contributed by atoms with Crippen LogP contribution in [0.5, 0.6) is 0 Å². The van der Waals surface area contributed by atoms with E-state index >= 15 is 0 Å². The van der Waals surface area contributed by atoms with E-state index in [4.69, 9.17) is 17.3 Å². The summed E-state index contributed by atoms with van der Waals surface area (Å²) < 4.78 is 1.91. The van der Waals surface area contributed by atoms with Gasteiger partial charge in [-0.05, 0) is 59.7 Å². The number of halogens is 1. The van der Waals surface area contributed by atoms with Crippen molar-refractivity contribution in [2.45, 2.75) is 45.6 Å². The molecule has 0 aliphatic heterocycles. The van der Waals surface area contributed by atoms with E-state index in [9.17, 15) is 0 Å². The van der Waals surface area contributed by atoms with Gasteiger partial charge in [0.1, 0.15) is 0 Å². The lowest BCUT2D eigenvalue weighted by atomic mass is 9.75. The van der Waals surface area contributed by atoms with E-state index in [1.54, 1.807) is 12.1 Å². The predicted octanol–water partition coefficient (Wildman–Crippen LogP) is 3.72. The number of nitrogen functional groups attached to an aromatic ring is 1. The standard InChI is InChI=1S/C15H20ClN5/c1-15(2)7-5-11(6-8-15)21-14(18-19-20-21)12-9-10(17)3-4-13(12)16/h3-4,9,11H,5-8,17H2,1-2H3. The van der Waals surface area contributed by atoms with Gasteiger partial charge >= 0.3 is 0 Å². The quantitative estimate of drug-likeness (QED) is 0.859. The summed E-state index contributed by atoms with van der Waals surface area (Å²) in [5.74, 6) is 0.706. The zero-order chi connectivity index (χ0) is 15.0. The van der Waals surface area contributed by atoms with Gasteiger partial charge in [-0.15, -0.1) is 5.10 Å². The minimum Gasteiger partial charge on any atom is -0.399 e. The molecule has 0 atom stereocenters. The Bertz CT molecular complexity index is 639. The summed E-state index contributed by atoms with van der Waals surface area (Å²) >= 11 is 6.28. The Morgan fingerprint density at radius 2 is 2.00 bits per heavy atom. The number of nitrogens with zero attached hydrogens (tertiary/aromatic N) is 4. The molecule has 112 valence electrons. The van der Waals surface area contributed by atoms with Crippen LogP contribution < -0.4 is 5.73 Å². The highest BCUT2D eigenvalue weighted by Crippen LogP contribution is 2.41. The largest absolute Gasteiger partial charge is 0.399 e. The molecular formula is C15H20ClN5. The number of tetrazole rings is 1. The molecule has 0 radical (unpaired) electrons. The molecule has 5 nitrogen and oxygen atoms in total. The van der Waals surface area contributed by atoms with Crippen LogP contribution in [0.4, 0.5) is 5.69 Å². The van der Waals surface area contributed by atoms with Gasteiger partial charge < -0.3 is 5.73 Å². The van der Waals surface area contributed by atoms with Gasteiger partial charge in [0.25, 0.3) is 0 Å². The minimum atomic E-state index is 0.334. The van der Waals surface area contributed by atoms with Gasteiger partial charge in [0.15, 0.2) is 5.82 Å². The van der Waals surface area contributed by atoms with Crippen LogP contribution in [-0.4, -0.2) is 20.2 Å². The normalized spacial score (nSPS) is 18.8. The Morgan fingerprint density at radius 1 is 1.29 bits per heavy atom. The van der Waals surface area contributed by atoms with E-state index in [0.717, 1.165) is 18.4 Å². The van der Waals surface area contributed by atoms with Crippen molar-refractivity contribution < 1.29 is 0 Å². The number of anilines is 1. The molecule has 6 heteroatoms. The van der Waals surface area contributed by atoms with E-state index in [1.807, 2.05) is 10.7 Å². The molecule has 1 aromatic heterocycles. The van der Waals surface area contributed by atoms with Crippen molar-refractivity contribution in [2.24, 2.45) is 5.41 Å². The monoisotopic (exact) mass is 305 g/mol. The molecule has 0 unspecified atom stereocenters. The molecule has 3 rings (SSSR count). The fourth-order valence-electron chi connectivity index (χ4n) is 2.96. The zero-order valence-electron chi connectivity index (χ0n) is 12.4. The van der Waals surface area contributed by atoms with Crippen molar-refractivity contribution in [3.63, 3.8) is 0 Å². The maximum atomic E-state index is 6.28. The van der Waals surface area contributed by atoms with E-state index in [1.165, 1.54) is 12.8 Å². The first-order chi connectivity index (χ1) is 9.96. The van der Waals surface area contributed by atoms with Gasteiger partial charge in [-0.25, -0.2) is 4.68 Å². The summed E-state index contributed by atoms with van der Waals surface area (Å²) in [5.41, 5.74) is 7.74. The third-order valence-electron chi connectivity index (χ3n) is 4.38. The third kappa shape index (κ3) is 2.88. The van der Waals surface area contributed by atoms with E-state index in [0.29, 0.717) is 28.0 Å². The van der Waals surface area contributed by atoms with Gasteiger partial charge in [0.2, 0.25) is 0 Å². The van der Waals surface area contributed by atoms with Gasteiger partial charge in [-0.2, -0.15) is 0 Å². The Hall–Kier alpha value is -1.62. The van der Waals surface area contributed by atoms with Crippen LogP contribution >= 0.6 is 11.6 Å². The van der Waals surface area contributed by atoms with Crippen molar-refractivity contribution in [3.8, 4) is 11.4 Å². The number of benzene rings is 1. The second kappa shape index (κ2) is 5.30. The SMILES string of the molecule is CC1(C)CCC(n2nnnc2-c2cc(N)ccc2Cl)CC1. The summed E-state index contributed by atoms with van der Waals surface area (Å²) in [4.78, 5) is 0. The molecule has 0 bridgehead atoms. The first kappa shape index (κ1) is 14.3. The first-order valence-electron chi connectivity index (χ1n) is 7.29. The molecule has 0 amide bonds. The average molecular weight is 306 g/mol. The molecule has 1 fully saturated rings. The van der Waals surface area contributed by atoms with Crippen LogP contribution in [0.1, 0.15) is 45.6 Å². The molecule has 1 saturated carbocycles. The van der Waals surface area contributed by atoms with E-state index < -0.39 is 0 Å². The summed E-state index contributed by atoms with van der Waals surface area (Å²) in [6.07, 6.45) is 4.54. The fourth-order valence-corrected chi connectivity index (χ4v) is 3.16. The number of rotatable bonds is 2. The lowest BCUT2D eigenvalue weighted by Crippen LogP contribution is -2.24. The average Bonchev–Trinajstić information content (AvgIpc) is 2.90. The molecular weight excluding hydrogens is 286 g/mol. The highest BCUT2D eigenvalue weighted by Gasteiger charge is 2.30. The van der Waals surface area contributed by atoms with E-state index in [-0.39, 0.29) is 0 Å². The van der Waals surface area contributed by atoms with Gasteiger partial charge in [0.05, 0.1) is 11.1 Å². The summed E-state index contributed by atoms with van der Waals surface area (Å²) in [5, 5.41) is 12.8. The number of hydrogen-bond acceptors (Lipinski definition) is 4. The van der Waals surface area contributed by atoms with Crippen LogP contribution in [0.15, 0.2) is 18.2 Å². The highest BCUT2D eigenvalue weighted by molar-refractivity contribution is 6.33. The topological polar surface area (TPSA) is 69.6 Å². The number of hydrogen-bond donors (Lipinski definition) is 1. The lowest BCUT2D eigenvalue weighted by molar-refractivity contribution is 0.185. The molecule has 1 aromatic carbocycles. The van der Waals surface area contributed by atoms with Crippen molar-refractivity contribution >= 4 is 17.3 Å². The minimum absolute atomic E-state index is 0.334. The number of aromatic nitrogens is 4. The van der Waals surface area contributed by atoms with Crippen molar-refractivity contribution in [3.05, 3.63) is 23.2 Å². The van der Waals surface area contributed by atoms with Crippen molar-refractivity contribution in [2.75, 3.05) is 5.73 Å². The highest BCUT2D eigenvalue weighted by atomic mass is 35.5. The second-order valence-corrected chi connectivity index (χ2v) is 6.99. The summed E-state index contributed by atoms with van der Waals surface area (Å²) in [7, 11) is 0. The molecule has 1 aliphatic carbocycles. The Balaban J connectivity index is 1.93. The van der Waals surface area contributed by atoms with Crippen LogP contribution in [0.3, 0.4) is 0 Å². The molecule has 0 saturated heterocycles. The molecule has 0 spiro atoms. The molecule has 21 heavy (non-hydrogen) atoms. The van der Waals surface area contributed by atoms with Crippen molar-refractivity contribution in [1.82, 2.24) is 20.2 Å². The summed E-state index contributed by atoms with van der Waals surface area (Å²) in [6, 6.07) is 5.73. The maximum Gasteiger partial charge on any atom is 0.183 e. The van der Waals surface area contributed by atoms with Crippen LogP contribution in [0.25, 0.3) is 11.4 Å². The summed E-state index contributed by atoms with van der Waals surface area (Å²) in [6.45, 7) is 4.64. The Labute approximate surface area is 129 Å². The lowest BCUT2D eigenvalue weighted by Gasteiger charge is -2.34. The first-order valence-corrected chi connectivity index (χ1v) is 7.67. The molecule has 2 aromatic rings. The van der Waals surface area contributed by atoms with Crippen molar-refractivity contribution in [1.29, 1.82) is 0 Å². The second-order valence-electron chi connectivity index (χ2n) is 6.58. The van der Waals surface area contributed by atoms with Gasteiger partial charge in [-0.1, -0.05) is 25.4 Å². The maximum absolute atomic E-state index is 6.28. The van der Waals surface area contributed by atoms with Gasteiger partial charge in [0, 0.05) is 11.3 Å². The number of nitrogens with two attached hydrogens (primary N) is 1. The van der Waals surface area contributed by atoms with Crippen LogP contribution in [0.2, 0.25) is 5.02 Å². The van der Waals surface area contributed by atoms with Gasteiger partial charge in [-0.3, -0.25) is 0 Å². The Morgan fingerprint density at radius 3 is 2.71 bits per heavy atom. The Kier molecular flexibility index (Phi) is 3.61. The third-order valence-corrected chi connectivity index (χ3v) is 4.71. The zero-order valence-corrected chi connectivity index (χ0v) is 13.1. The molecule has 1 heterocycles.